The van der Waals surface area contributed by atoms with E-state index in [0.29, 0.717) is 5.69 Å². The Morgan fingerprint density at radius 3 is 2.91 bits per heavy atom. The molecule has 1 rings (SSSR count). The molecule has 4 nitrogen and oxygen atoms in total. The predicted molar refractivity (Wildman–Crippen MR) is 41.1 cm³/mol. The SMILES string of the molecule is CC(C)(N=C=O)c1csnn1. The monoisotopic (exact) mass is 169 g/mol. The van der Waals surface area contributed by atoms with Gasteiger partial charge in [0.05, 0.1) is 0 Å². The second-order valence-corrected chi connectivity index (χ2v) is 3.16. The molecule has 1 aromatic heterocycles. The molecule has 0 unspecified atom stereocenters. The zero-order valence-electron chi connectivity index (χ0n) is 6.24. The summed E-state index contributed by atoms with van der Waals surface area (Å²) in [7, 11) is 0. The van der Waals surface area contributed by atoms with Gasteiger partial charge in [0, 0.05) is 5.38 Å². The van der Waals surface area contributed by atoms with Gasteiger partial charge in [-0.05, 0) is 25.4 Å². The highest BCUT2D eigenvalue weighted by Gasteiger charge is 2.21. The van der Waals surface area contributed by atoms with Gasteiger partial charge in [-0.15, -0.1) is 5.10 Å². The van der Waals surface area contributed by atoms with Crippen LogP contribution in [0, 0.1) is 0 Å². The molecule has 1 aromatic rings. The van der Waals surface area contributed by atoms with Gasteiger partial charge in [0.25, 0.3) is 0 Å². The average molecular weight is 169 g/mol. The summed E-state index contributed by atoms with van der Waals surface area (Å²) in [5.74, 6) is 0. The number of aliphatic imine (C=N–C) groups is 1. The van der Waals surface area contributed by atoms with Crippen molar-refractivity contribution in [3.05, 3.63) is 11.1 Å². The molecule has 0 aliphatic carbocycles. The number of carbonyl (C=O) groups excluding carboxylic acids is 1. The second-order valence-electron chi connectivity index (χ2n) is 2.55. The van der Waals surface area contributed by atoms with Crippen LogP contribution in [0.5, 0.6) is 0 Å². The van der Waals surface area contributed by atoms with Crippen molar-refractivity contribution in [3.63, 3.8) is 0 Å². The smallest absolute Gasteiger partial charge is 0.211 e. The van der Waals surface area contributed by atoms with Crippen LogP contribution >= 0.6 is 11.5 Å². The Bertz CT molecular complexity index is 274. The third kappa shape index (κ3) is 1.69. The highest BCUT2D eigenvalue weighted by atomic mass is 32.1. The van der Waals surface area contributed by atoms with Crippen LogP contribution in [0.2, 0.25) is 0 Å². The standard InChI is InChI=1S/C6H7N3OS/c1-6(2,7-4-10)5-3-11-9-8-5/h3H,1-2H3. The molecule has 0 saturated carbocycles. The first kappa shape index (κ1) is 8.04. The van der Waals surface area contributed by atoms with Crippen molar-refractivity contribution >= 4 is 17.6 Å². The van der Waals surface area contributed by atoms with Crippen molar-refractivity contribution in [2.75, 3.05) is 0 Å². The molecule has 0 amide bonds. The predicted octanol–water partition coefficient (Wildman–Crippen LogP) is 1.11. The fraction of sp³-hybridized carbons (Fsp3) is 0.500. The van der Waals surface area contributed by atoms with E-state index in [9.17, 15) is 4.79 Å². The van der Waals surface area contributed by atoms with Gasteiger partial charge >= 0.3 is 0 Å². The molecule has 0 radical (unpaired) electrons. The van der Waals surface area contributed by atoms with Crippen molar-refractivity contribution in [2.45, 2.75) is 19.4 Å². The molecule has 0 atom stereocenters. The van der Waals surface area contributed by atoms with Crippen LogP contribution in [0.15, 0.2) is 10.4 Å². The maximum atomic E-state index is 9.98. The van der Waals surface area contributed by atoms with E-state index in [1.165, 1.54) is 17.6 Å². The molecule has 0 N–H and O–H groups in total. The minimum absolute atomic E-state index is 0.589. The molecule has 0 saturated heterocycles. The Morgan fingerprint density at radius 1 is 1.73 bits per heavy atom. The lowest BCUT2D eigenvalue weighted by Gasteiger charge is -2.11. The molecule has 0 aromatic carbocycles. The maximum Gasteiger partial charge on any atom is 0.235 e. The zero-order valence-corrected chi connectivity index (χ0v) is 7.05. The third-order valence-electron chi connectivity index (χ3n) is 1.31. The first-order chi connectivity index (χ1) is 5.17. The zero-order chi connectivity index (χ0) is 8.32. The molecule has 11 heavy (non-hydrogen) atoms. The summed E-state index contributed by atoms with van der Waals surface area (Å²) in [5, 5.41) is 5.57. The van der Waals surface area contributed by atoms with Gasteiger partial charge in [-0.25, -0.2) is 4.79 Å². The van der Waals surface area contributed by atoms with Crippen LogP contribution in [0.25, 0.3) is 0 Å². The minimum Gasteiger partial charge on any atom is -0.211 e. The van der Waals surface area contributed by atoms with E-state index in [0.717, 1.165) is 0 Å². The molecular weight excluding hydrogens is 162 g/mol. The summed E-state index contributed by atoms with van der Waals surface area (Å²) in [6.07, 6.45) is 1.51. The van der Waals surface area contributed by atoms with Crippen LogP contribution in [-0.4, -0.2) is 15.7 Å². The fourth-order valence-electron chi connectivity index (χ4n) is 0.603. The van der Waals surface area contributed by atoms with Gasteiger partial charge in [0.15, 0.2) is 0 Å². The Morgan fingerprint density at radius 2 is 2.45 bits per heavy atom. The number of isocyanates is 1. The van der Waals surface area contributed by atoms with E-state index in [4.69, 9.17) is 0 Å². The van der Waals surface area contributed by atoms with E-state index >= 15 is 0 Å². The highest BCUT2D eigenvalue weighted by Crippen LogP contribution is 2.21. The van der Waals surface area contributed by atoms with Crippen molar-refractivity contribution in [3.8, 4) is 0 Å². The summed E-state index contributed by atoms with van der Waals surface area (Å²) in [4.78, 5) is 13.6. The minimum atomic E-state index is -0.589. The van der Waals surface area contributed by atoms with E-state index < -0.39 is 5.54 Å². The lowest BCUT2D eigenvalue weighted by molar-refractivity contribution is 0.511. The first-order valence-corrected chi connectivity index (χ1v) is 3.87. The third-order valence-corrected chi connectivity index (χ3v) is 1.82. The summed E-state index contributed by atoms with van der Waals surface area (Å²) in [5.41, 5.74) is 0.111. The van der Waals surface area contributed by atoms with Crippen molar-refractivity contribution in [1.29, 1.82) is 0 Å². The highest BCUT2D eigenvalue weighted by molar-refractivity contribution is 7.03. The van der Waals surface area contributed by atoms with Crippen molar-refractivity contribution < 1.29 is 4.79 Å². The number of aromatic nitrogens is 2. The van der Waals surface area contributed by atoms with Crippen LogP contribution in [0.3, 0.4) is 0 Å². The van der Waals surface area contributed by atoms with Crippen molar-refractivity contribution in [1.82, 2.24) is 9.59 Å². The number of hydrogen-bond donors (Lipinski definition) is 0. The lowest BCUT2D eigenvalue weighted by Crippen LogP contribution is -2.13. The topological polar surface area (TPSA) is 55.2 Å². The summed E-state index contributed by atoms with van der Waals surface area (Å²) < 4.78 is 3.67. The average Bonchev–Trinajstić information content (AvgIpc) is 2.37. The lowest BCUT2D eigenvalue weighted by atomic mass is 10.0. The van der Waals surface area contributed by atoms with Gasteiger partial charge in [-0.3, -0.25) is 0 Å². The van der Waals surface area contributed by atoms with Gasteiger partial charge in [-0.1, -0.05) is 4.49 Å². The molecule has 0 aliphatic heterocycles. The molecule has 1 heterocycles. The van der Waals surface area contributed by atoms with Crippen LogP contribution in [0.1, 0.15) is 19.5 Å². The van der Waals surface area contributed by atoms with Gasteiger partial charge in [0.1, 0.15) is 11.2 Å². The summed E-state index contributed by atoms with van der Waals surface area (Å²) in [6.45, 7) is 3.57. The molecular formula is C6H7N3OS. The van der Waals surface area contributed by atoms with Crippen LogP contribution in [-0.2, 0) is 10.3 Å². The van der Waals surface area contributed by atoms with Gasteiger partial charge < -0.3 is 0 Å². The fourth-order valence-corrected chi connectivity index (χ4v) is 1.22. The number of rotatable bonds is 2. The molecule has 5 heteroatoms. The summed E-state index contributed by atoms with van der Waals surface area (Å²) in [6, 6.07) is 0. The molecule has 0 spiro atoms. The Balaban J connectivity index is 2.99. The van der Waals surface area contributed by atoms with Gasteiger partial charge in [-0.2, -0.15) is 4.99 Å². The first-order valence-electron chi connectivity index (χ1n) is 3.03. The largest absolute Gasteiger partial charge is 0.235 e. The van der Waals surface area contributed by atoms with Crippen molar-refractivity contribution in [2.24, 2.45) is 4.99 Å². The summed E-state index contributed by atoms with van der Waals surface area (Å²) >= 11 is 1.24. The maximum absolute atomic E-state index is 9.98. The van der Waals surface area contributed by atoms with Crippen LogP contribution in [0.4, 0.5) is 0 Å². The Kier molecular flexibility index (Phi) is 2.12. The molecule has 0 fully saturated rings. The normalized spacial score (nSPS) is 10.7. The number of hydrogen-bond acceptors (Lipinski definition) is 5. The quantitative estimate of drug-likeness (QED) is 0.492. The second kappa shape index (κ2) is 2.90. The van der Waals surface area contributed by atoms with E-state index in [1.54, 1.807) is 19.2 Å². The van der Waals surface area contributed by atoms with E-state index in [2.05, 4.69) is 14.6 Å². The van der Waals surface area contributed by atoms with E-state index in [1.807, 2.05) is 0 Å². The Hall–Kier alpha value is -1.06. The molecule has 0 bridgehead atoms. The molecule has 58 valence electrons. The molecule has 0 aliphatic rings. The van der Waals surface area contributed by atoms with Crippen LogP contribution < -0.4 is 0 Å². The van der Waals surface area contributed by atoms with Gasteiger partial charge in [0.2, 0.25) is 6.08 Å². The number of nitrogens with zero attached hydrogens (tertiary/aromatic N) is 3. The van der Waals surface area contributed by atoms with E-state index in [-0.39, 0.29) is 0 Å². The Labute approximate surface area is 68.1 Å².